The minimum atomic E-state index is -0.389. The quantitative estimate of drug-likeness (QED) is 0.218. The number of ether oxygens (including phenoxy) is 2. The van der Waals surface area contributed by atoms with Crippen LogP contribution in [0.4, 0.5) is 22.1 Å². The van der Waals surface area contributed by atoms with E-state index in [2.05, 4.69) is 37.5 Å². The minimum absolute atomic E-state index is 0.0599. The number of aliphatic imine (C=N–C) groups is 1. The van der Waals surface area contributed by atoms with Crippen molar-refractivity contribution in [1.82, 2.24) is 24.7 Å². The molecular weight excluding hydrogens is 608 g/mol. The molecule has 48 heavy (non-hydrogen) atoms. The number of carbonyl (C=O) groups excluding carboxylic acids is 2. The van der Waals surface area contributed by atoms with Gasteiger partial charge in [-0.3, -0.25) is 14.7 Å². The fraction of sp³-hybridized carbons (Fsp3) is 0.361. The van der Waals surface area contributed by atoms with Gasteiger partial charge in [0, 0.05) is 75.2 Å². The molecule has 3 aromatic rings. The number of nitrogens with zero attached hydrogens (tertiary/aromatic N) is 6. The van der Waals surface area contributed by atoms with Crippen molar-refractivity contribution in [1.29, 1.82) is 0 Å². The first-order valence-electron chi connectivity index (χ1n) is 16.2. The summed E-state index contributed by atoms with van der Waals surface area (Å²) in [6.07, 6.45) is 8.47. The molecule has 2 N–H and O–H groups in total. The Kier molecular flexibility index (Phi) is 12.4. The van der Waals surface area contributed by atoms with Crippen LogP contribution in [0.15, 0.2) is 77.9 Å². The largest absolute Gasteiger partial charge is 0.426 e. The zero-order valence-electron chi connectivity index (χ0n) is 27.9. The zero-order chi connectivity index (χ0) is 33.7. The number of carbonyl (C=O) groups is 2. The number of benzene rings is 2. The van der Waals surface area contributed by atoms with Crippen molar-refractivity contribution in [3.8, 4) is 0 Å². The van der Waals surface area contributed by atoms with Crippen LogP contribution in [-0.2, 0) is 16.0 Å². The molecule has 12 heteroatoms. The van der Waals surface area contributed by atoms with E-state index in [1.807, 2.05) is 74.5 Å². The van der Waals surface area contributed by atoms with Crippen LogP contribution in [0.3, 0.4) is 0 Å². The van der Waals surface area contributed by atoms with Crippen molar-refractivity contribution >= 4 is 41.1 Å². The third kappa shape index (κ3) is 10.0. The summed E-state index contributed by atoms with van der Waals surface area (Å²) >= 11 is 0. The van der Waals surface area contributed by atoms with Gasteiger partial charge in [-0.2, -0.15) is 0 Å². The molecule has 0 atom stereocenters. The van der Waals surface area contributed by atoms with Gasteiger partial charge in [0.1, 0.15) is 0 Å². The summed E-state index contributed by atoms with van der Waals surface area (Å²) in [7, 11) is 2.15. The molecule has 2 amide bonds. The van der Waals surface area contributed by atoms with Crippen LogP contribution in [0.1, 0.15) is 34.1 Å². The number of allylic oxidation sites excluding steroid dienone is 4. The van der Waals surface area contributed by atoms with Crippen LogP contribution in [0, 0.1) is 6.92 Å². The summed E-state index contributed by atoms with van der Waals surface area (Å²) in [5.74, 6) is 0.254. The predicted molar refractivity (Wildman–Crippen MR) is 189 cm³/mol. The lowest BCUT2D eigenvalue weighted by molar-refractivity contribution is 0.0281. The Labute approximate surface area is 282 Å². The van der Waals surface area contributed by atoms with Gasteiger partial charge in [-0.05, 0) is 74.0 Å². The maximum atomic E-state index is 13.1. The molecule has 3 heterocycles. The number of morpholine rings is 1. The molecule has 2 aliphatic heterocycles. The highest BCUT2D eigenvalue weighted by molar-refractivity contribution is 6.04. The molecule has 5 rings (SSSR count). The van der Waals surface area contributed by atoms with E-state index in [4.69, 9.17) is 14.5 Å². The highest BCUT2D eigenvalue weighted by atomic mass is 16.6. The van der Waals surface area contributed by atoms with Crippen molar-refractivity contribution in [2.75, 3.05) is 76.9 Å². The molecule has 12 nitrogen and oxygen atoms in total. The van der Waals surface area contributed by atoms with Gasteiger partial charge >= 0.3 is 6.09 Å². The molecule has 2 aromatic carbocycles. The highest BCUT2D eigenvalue weighted by Gasteiger charge is 2.18. The van der Waals surface area contributed by atoms with Gasteiger partial charge in [0.2, 0.25) is 5.95 Å². The summed E-state index contributed by atoms with van der Waals surface area (Å²) in [4.78, 5) is 44.8. The van der Waals surface area contributed by atoms with E-state index in [1.165, 1.54) is 5.56 Å². The molecule has 0 radical (unpaired) electrons. The van der Waals surface area contributed by atoms with E-state index in [0.717, 1.165) is 55.2 Å². The smallest absolute Gasteiger partial charge is 0.411 e. The van der Waals surface area contributed by atoms with E-state index in [0.29, 0.717) is 43.5 Å². The van der Waals surface area contributed by atoms with Crippen molar-refractivity contribution < 1.29 is 19.1 Å². The van der Waals surface area contributed by atoms with Crippen LogP contribution in [0.2, 0.25) is 0 Å². The number of rotatable bonds is 11. The number of hydrogen-bond acceptors (Lipinski definition) is 10. The Morgan fingerprint density at radius 1 is 1.02 bits per heavy atom. The molecule has 2 fully saturated rings. The Morgan fingerprint density at radius 2 is 1.79 bits per heavy atom. The molecule has 1 aromatic heterocycles. The van der Waals surface area contributed by atoms with Crippen LogP contribution in [0.25, 0.3) is 5.57 Å². The second-order valence-electron chi connectivity index (χ2n) is 11.7. The average molecular weight is 653 g/mol. The fourth-order valence-electron chi connectivity index (χ4n) is 5.27. The summed E-state index contributed by atoms with van der Waals surface area (Å²) in [6.45, 7) is 11.1. The SMILES string of the molecule is C\C=C(/C=C\C=N\COC(=O)N1CCOCC1)c1ccnc(Nc2cc(NC(=O)c3ccc(CN4CCN(C)CC4)cc3)ccc2C)n1. The molecule has 2 aliphatic rings. The van der Waals surface area contributed by atoms with Crippen LogP contribution in [-0.4, -0.2) is 109 Å². The monoisotopic (exact) mass is 652 g/mol. The molecule has 0 saturated carbocycles. The van der Waals surface area contributed by atoms with Gasteiger partial charge < -0.3 is 29.9 Å². The van der Waals surface area contributed by atoms with Gasteiger partial charge in [0.05, 0.1) is 18.9 Å². The zero-order valence-corrected chi connectivity index (χ0v) is 27.9. The summed E-state index contributed by atoms with van der Waals surface area (Å²) < 4.78 is 10.4. The molecule has 0 spiro atoms. The highest BCUT2D eigenvalue weighted by Crippen LogP contribution is 2.24. The number of nitrogens with one attached hydrogen (secondary N) is 2. The van der Waals surface area contributed by atoms with Gasteiger partial charge in [0.25, 0.3) is 5.91 Å². The lowest BCUT2D eigenvalue weighted by Gasteiger charge is -2.32. The maximum Gasteiger partial charge on any atom is 0.411 e. The number of anilines is 3. The van der Waals surface area contributed by atoms with Gasteiger partial charge in [-0.1, -0.05) is 30.4 Å². The number of aryl methyl sites for hydroxylation is 1. The van der Waals surface area contributed by atoms with Crippen molar-refractivity contribution in [3.05, 3.63) is 95.3 Å². The Hall–Kier alpha value is -4.91. The Balaban J connectivity index is 1.14. The van der Waals surface area contributed by atoms with Crippen LogP contribution < -0.4 is 10.6 Å². The van der Waals surface area contributed by atoms with Crippen molar-refractivity contribution in [2.24, 2.45) is 4.99 Å². The summed E-state index contributed by atoms with van der Waals surface area (Å²) in [6, 6.07) is 15.4. The van der Waals surface area contributed by atoms with E-state index in [-0.39, 0.29) is 18.7 Å². The number of aromatic nitrogens is 2. The number of amides is 2. The average Bonchev–Trinajstić information content (AvgIpc) is 3.11. The fourth-order valence-corrected chi connectivity index (χ4v) is 5.27. The first-order valence-corrected chi connectivity index (χ1v) is 16.2. The predicted octanol–water partition coefficient (Wildman–Crippen LogP) is 4.98. The first kappa shape index (κ1) is 34.4. The molecule has 0 aliphatic carbocycles. The molecule has 0 unspecified atom stereocenters. The standard InChI is InChI=1S/C36H44N8O4/c1-4-29(6-5-14-37-26-48-36(46)44-20-22-47-23-21-44)32-13-15-38-35(40-32)41-33-24-31(12-7-27(33)2)39-34(45)30-10-8-28(9-11-30)25-43-18-16-42(3)17-19-43/h4-15,24H,16-23,25-26H2,1-3H3,(H,39,45)(H,38,40,41)/b6-5-,29-4+,37-14+. The second kappa shape index (κ2) is 17.3. The molecular formula is C36H44N8O4. The van der Waals surface area contributed by atoms with Gasteiger partial charge in [-0.15, -0.1) is 0 Å². The third-order valence-electron chi connectivity index (χ3n) is 8.22. The number of piperazine rings is 1. The number of hydrogen-bond donors (Lipinski definition) is 2. The Bertz CT molecular complexity index is 1630. The summed E-state index contributed by atoms with van der Waals surface area (Å²) in [5, 5.41) is 6.31. The van der Waals surface area contributed by atoms with Crippen LogP contribution >= 0.6 is 0 Å². The van der Waals surface area contributed by atoms with Gasteiger partial charge in [0.15, 0.2) is 6.73 Å². The van der Waals surface area contributed by atoms with Crippen molar-refractivity contribution in [3.63, 3.8) is 0 Å². The van der Waals surface area contributed by atoms with E-state index < -0.39 is 0 Å². The Morgan fingerprint density at radius 3 is 2.54 bits per heavy atom. The first-order chi connectivity index (χ1) is 23.4. The van der Waals surface area contributed by atoms with Gasteiger partial charge in [-0.25, -0.2) is 14.8 Å². The normalized spacial score (nSPS) is 16.4. The van der Waals surface area contributed by atoms with Crippen LogP contribution in [0.5, 0.6) is 0 Å². The molecule has 252 valence electrons. The van der Waals surface area contributed by atoms with E-state index in [9.17, 15) is 9.59 Å². The topological polar surface area (TPSA) is 125 Å². The maximum absolute atomic E-state index is 13.1. The summed E-state index contributed by atoms with van der Waals surface area (Å²) in [5.41, 5.74) is 5.82. The van der Waals surface area contributed by atoms with E-state index in [1.54, 1.807) is 23.4 Å². The van der Waals surface area contributed by atoms with Crippen molar-refractivity contribution in [2.45, 2.75) is 20.4 Å². The third-order valence-corrected chi connectivity index (χ3v) is 8.22. The minimum Gasteiger partial charge on any atom is -0.426 e. The lowest BCUT2D eigenvalue weighted by Crippen LogP contribution is -2.43. The second-order valence-corrected chi connectivity index (χ2v) is 11.7. The molecule has 2 saturated heterocycles. The lowest BCUT2D eigenvalue weighted by atomic mass is 10.1. The number of likely N-dealkylation sites (N-methyl/N-ethyl adjacent to an activating group) is 1. The molecule has 0 bridgehead atoms. The van der Waals surface area contributed by atoms with E-state index >= 15 is 0 Å².